The van der Waals surface area contributed by atoms with Gasteiger partial charge in [0.15, 0.2) is 0 Å². The summed E-state index contributed by atoms with van der Waals surface area (Å²) in [5.74, 6) is -0.0437. The summed E-state index contributed by atoms with van der Waals surface area (Å²) in [5, 5.41) is 0.540. The fourth-order valence-corrected chi connectivity index (χ4v) is 4.91. The normalized spacial score (nSPS) is 16.8. The number of halogens is 2. The summed E-state index contributed by atoms with van der Waals surface area (Å²) in [4.78, 5) is 14.4. The predicted molar refractivity (Wildman–Crippen MR) is 100 cm³/mol. The first-order valence-electron chi connectivity index (χ1n) is 7.45. The number of piperidine rings is 1. The number of nitrogens with zero attached hydrogens (tertiary/aromatic N) is 2. The third-order valence-electron chi connectivity index (χ3n) is 4.06. The van der Waals surface area contributed by atoms with Crippen molar-refractivity contribution in [1.29, 1.82) is 0 Å². The van der Waals surface area contributed by atoms with E-state index in [9.17, 15) is 13.2 Å². The quantitative estimate of drug-likeness (QED) is 0.636. The number of benzene rings is 1. The van der Waals surface area contributed by atoms with Crippen molar-refractivity contribution in [3.63, 3.8) is 0 Å². The number of hydrogen-bond donors (Lipinski definition) is 0. The minimum Gasteiger partial charge on any atom is -0.338 e. The molecule has 1 heterocycles. The molecule has 0 aliphatic carbocycles. The van der Waals surface area contributed by atoms with Crippen LogP contribution in [-0.4, -0.2) is 55.5 Å². The van der Waals surface area contributed by atoms with Gasteiger partial charge in [0.05, 0.1) is 11.8 Å². The number of carbonyl (C=O) groups excluding carboxylic acids is 1. The highest BCUT2D eigenvalue weighted by atomic mass is 127. The van der Waals surface area contributed by atoms with Crippen LogP contribution >= 0.6 is 34.2 Å². The molecule has 1 amide bonds. The largest absolute Gasteiger partial charge is 0.338 e. The first kappa shape index (κ1) is 19.0. The van der Waals surface area contributed by atoms with Gasteiger partial charge in [-0.15, -0.1) is 0 Å². The first-order valence-corrected chi connectivity index (χ1v) is 10.8. The summed E-state index contributed by atoms with van der Waals surface area (Å²) >= 11 is 8.11. The van der Waals surface area contributed by atoms with Crippen molar-refractivity contribution in [2.45, 2.75) is 25.8 Å². The monoisotopic (exact) mass is 470 g/mol. The smallest absolute Gasteiger partial charge is 0.254 e. The van der Waals surface area contributed by atoms with Crippen molar-refractivity contribution in [3.05, 3.63) is 32.4 Å². The predicted octanol–water partition coefficient (Wildman–Crippen LogP) is 2.83. The Bertz CT molecular complexity index is 688. The van der Waals surface area contributed by atoms with Crippen molar-refractivity contribution in [2.75, 3.05) is 25.9 Å². The average Bonchev–Trinajstić information content (AvgIpc) is 2.49. The third kappa shape index (κ3) is 4.58. The zero-order chi connectivity index (χ0) is 17.2. The standard InChI is InChI=1S/C15H20ClIN2O3S/c1-3-19(23(2,21)22)12-6-8-18(9-7-12)15(20)13-10-11(16)4-5-14(13)17/h4-5,10,12H,3,6-9H2,1-2H3. The van der Waals surface area contributed by atoms with Gasteiger partial charge in [-0.25, -0.2) is 8.42 Å². The summed E-state index contributed by atoms with van der Waals surface area (Å²) in [6, 6.07) is 5.24. The Morgan fingerprint density at radius 2 is 2.00 bits per heavy atom. The zero-order valence-electron chi connectivity index (χ0n) is 13.1. The molecule has 0 aromatic heterocycles. The summed E-state index contributed by atoms with van der Waals surface area (Å²) in [7, 11) is -3.21. The highest BCUT2D eigenvalue weighted by Gasteiger charge is 2.31. The van der Waals surface area contributed by atoms with Crippen LogP contribution in [0, 0.1) is 3.57 Å². The lowest BCUT2D eigenvalue weighted by atomic mass is 10.0. The minimum atomic E-state index is -3.21. The van der Waals surface area contributed by atoms with Crippen LogP contribution in [-0.2, 0) is 10.0 Å². The molecule has 8 heteroatoms. The van der Waals surface area contributed by atoms with Gasteiger partial charge in [-0.05, 0) is 53.6 Å². The molecule has 1 aromatic rings. The molecule has 1 aromatic carbocycles. The molecule has 0 bridgehead atoms. The molecule has 1 aliphatic rings. The molecular weight excluding hydrogens is 451 g/mol. The number of hydrogen-bond acceptors (Lipinski definition) is 3. The van der Waals surface area contributed by atoms with Crippen LogP contribution in [0.5, 0.6) is 0 Å². The molecule has 23 heavy (non-hydrogen) atoms. The van der Waals surface area contributed by atoms with Gasteiger partial charge in [0, 0.05) is 34.3 Å². The van der Waals surface area contributed by atoms with Crippen molar-refractivity contribution in [3.8, 4) is 0 Å². The first-order chi connectivity index (χ1) is 10.7. The SMILES string of the molecule is CCN(C1CCN(C(=O)c2cc(Cl)ccc2I)CC1)S(C)(=O)=O. The lowest BCUT2D eigenvalue weighted by Gasteiger charge is -2.37. The van der Waals surface area contributed by atoms with E-state index in [2.05, 4.69) is 22.6 Å². The van der Waals surface area contributed by atoms with Crippen molar-refractivity contribution < 1.29 is 13.2 Å². The number of sulfonamides is 1. The Balaban J connectivity index is 2.07. The fraction of sp³-hybridized carbons (Fsp3) is 0.533. The van der Waals surface area contributed by atoms with Gasteiger partial charge < -0.3 is 4.90 Å². The van der Waals surface area contributed by atoms with Gasteiger partial charge in [0.2, 0.25) is 10.0 Å². The zero-order valence-corrected chi connectivity index (χ0v) is 16.9. The van der Waals surface area contributed by atoms with E-state index in [1.54, 1.807) is 17.0 Å². The average molecular weight is 471 g/mol. The van der Waals surface area contributed by atoms with E-state index in [0.29, 0.717) is 43.1 Å². The van der Waals surface area contributed by atoms with E-state index < -0.39 is 10.0 Å². The van der Waals surface area contributed by atoms with E-state index in [1.807, 2.05) is 13.0 Å². The second-order valence-electron chi connectivity index (χ2n) is 5.61. The van der Waals surface area contributed by atoms with Crippen LogP contribution in [0.3, 0.4) is 0 Å². The molecule has 5 nitrogen and oxygen atoms in total. The van der Waals surface area contributed by atoms with Crippen LogP contribution in [0.15, 0.2) is 18.2 Å². The molecule has 0 spiro atoms. The molecule has 0 saturated carbocycles. The van der Waals surface area contributed by atoms with Gasteiger partial charge in [0.25, 0.3) is 5.91 Å². The topological polar surface area (TPSA) is 57.7 Å². The van der Waals surface area contributed by atoms with Crippen molar-refractivity contribution in [2.24, 2.45) is 0 Å². The Morgan fingerprint density at radius 3 is 2.52 bits per heavy atom. The highest BCUT2D eigenvalue weighted by Crippen LogP contribution is 2.23. The van der Waals surface area contributed by atoms with Crippen molar-refractivity contribution in [1.82, 2.24) is 9.21 Å². The molecular formula is C15H20ClIN2O3S. The van der Waals surface area contributed by atoms with E-state index in [1.165, 1.54) is 10.6 Å². The van der Waals surface area contributed by atoms with Gasteiger partial charge in [-0.1, -0.05) is 18.5 Å². The van der Waals surface area contributed by atoms with Gasteiger partial charge >= 0.3 is 0 Å². The molecule has 1 aliphatic heterocycles. The van der Waals surface area contributed by atoms with E-state index in [0.717, 1.165) is 3.57 Å². The highest BCUT2D eigenvalue weighted by molar-refractivity contribution is 14.1. The van der Waals surface area contributed by atoms with Crippen LogP contribution in [0.4, 0.5) is 0 Å². The summed E-state index contributed by atoms with van der Waals surface area (Å²) in [5.41, 5.74) is 0.604. The third-order valence-corrected chi connectivity index (χ3v) is 6.64. The number of rotatable bonds is 4. The second-order valence-corrected chi connectivity index (χ2v) is 9.15. The van der Waals surface area contributed by atoms with E-state index in [-0.39, 0.29) is 11.9 Å². The molecule has 0 unspecified atom stereocenters. The maximum Gasteiger partial charge on any atom is 0.254 e. The Labute approximate surface area is 156 Å². The summed E-state index contributed by atoms with van der Waals surface area (Å²) in [6.45, 7) is 3.41. The molecule has 128 valence electrons. The maximum atomic E-state index is 12.6. The summed E-state index contributed by atoms with van der Waals surface area (Å²) in [6.07, 6.45) is 2.55. The number of likely N-dealkylation sites (tertiary alicyclic amines) is 1. The molecule has 1 fully saturated rings. The van der Waals surface area contributed by atoms with E-state index in [4.69, 9.17) is 11.6 Å². The van der Waals surface area contributed by atoms with Crippen LogP contribution in [0.2, 0.25) is 5.02 Å². The molecule has 0 N–H and O–H groups in total. The van der Waals surface area contributed by atoms with Crippen LogP contribution in [0.1, 0.15) is 30.1 Å². The summed E-state index contributed by atoms with van der Waals surface area (Å²) < 4.78 is 26.0. The minimum absolute atomic E-state index is 0.0301. The fourth-order valence-electron chi connectivity index (χ4n) is 2.95. The van der Waals surface area contributed by atoms with Gasteiger partial charge in [0.1, 0.15) is 0 Å². The van der Waals surface area contributed by atoms with Crippen molar-refractivity contribution >= 4 is 50.1 Å². The molecule has 2 rings (SSSR count). The second kappa shape index (κ2) is 7.67. The molecule has 1 saturated heterocycles. The molecule has 0 radical (unpaired) electrons. The maximum absolute atomic E-state index is 12.6. The number of amides is 1. The van der Waals surface area contributed by atoms with Crippen LogP contribution < -0.4 is 0 Å². The Morgan fingerprint density at radius 1 is 1.39 bits per heavy atom. The lowest BCUT2D eigenvalue weighted by Crippen LogP contribution is -2.48. The Kier molecular flexibility index (Phi) is 6.32. The molecule has 0 atom stereocenters. The lowest BCUT2D eigenvalue weighted by molar-refractivity contribution is 0.0679. The van der Waals surface area contributed by atoms with E-state index >= 15 is 0 Å². The van der Waals surface area contributed by atoms with Crippen LogP contribution in [0.25, 0.3) is 0 Å². The van der Waals surface area contributed by atoms with Gasteiger partial charge in [-0.3, -0.25) is 4.79 Å². The van der Waals surface area contributed by atoms with Gasteiger partial charge in [-0.2, -0.15) is 4.31 Å². The Hall–Kier alpha value is -0.380. The number of carbonyl (C=O) groups is 1.